The summed E-state index contributed by atoms with van der Waals surface area (Å²) in [4.78, 5) is 11.7. The summed E-state index contributed by atoms with van der Waals surface area (Å²) in [5, 5.41) is 21.4. The molecule has 106 valence electrons. The molecule has 0 atom stereocenters. The zero-order chi connectivity index (χ0) is 14.1. The average molecular weight is 266 g/mol. The van der Waals surface area contributed by atoms with Gasteiger partial charge in [0, 0.05) is 5.41 Å². The second-order valence-corrected chi connectivity index (χ2v) is 6.56. The lowest BCUT2D eigenvalue weighted by Crippen LogP contribution is -2.39. The van der Waals surface area contributed by atoms with Gasteiger partial charge in [-0.05, 0) is 23.3 Å². The number of carboxylic acid groups (broad SMARTS) is 1. The van der Waals surface area contributed by atoms with E-state index in [1.165, 1.54) is 0 Å². The molecule has 1 fully saturated rings. The number of carbonyl (C=O) groups is 1. The first-order valence-electron chi connectivity index (χ1n) is 6.85. The maximum atomic E-state index is 11.7. The fraction of sp³-hybridized carbons (Fsp3) is 0.846. The quantitative estimate of drug-likeness (QED) is 0.905. The van der Waals surface area contributed by atoms with Crippen molar-refractivity contribution in [2.45, 2.75) is 64.8 Å². The topological polar surface area (TPSA) is 80.9 Å². The fourth-order valence-electron chi connectivity index (χ4n) is 2.80. The predicted molar refractivity (Wildman–Crippen MR) is 69.7 cm³/mol. The van der Waals surface area contributed by atoms with Crippen LogP contribution < -0.4 is 0 Å². The molecule has 1 N–H and O–H groups in total. The first kappa shape index (κ1) is 14.0. The SMILES string of the molecule is CC(C)(C)c1nnnn1CC1(C(=O)O)CCCCC1. The highest BCUT2D eigenvalue weighted by molar-refractivity contribution is 5.74. The first-order chi connectivity index (χ1) is 8.85. The van der Waals surface area contributed by atoms with Crippen LogP contribution in [0, 0.1) is 5.41 Å². The average Bonchev–Trinajstić information content (AvgIpc) is 2.78. The minimum atomic E-state index is -0.720. The van der Waals surface area contributed by atoms with Gasteiger partial charge in [0.2, 0.25) is 0 Å². The van der Waals surface area contributed by atoms with Gasteiger partial charge in [-0.25, -0.2) is 4.68 Å². The Labute approximate surface area is 113 Å². The molecule has 0 amide bonds. The van der Waals surface area contributed by atoms with Crippen LogP contribution in [0.25, 0.3) is 0 Å². The number of tetrazole rings is 1. The van der Waals surface area contributed by atoms with Gasteiger partial charge in [0.1, 0.15) is 0 Å². The van der Waals surface area contributed by atoms with Gasteiger partial charge in [-0.15, -0.1) is 5.10 Å². The molecule has 0 unspecified atom stereocenters. The van der Waals surface area contributed by atoms with Crippen molar-refractivity contribution < 1.29 is 9.90 Å². The Morgan fingerprint density at radius 2 is 1.95 bits per heavy atom. The Morgan fingerprint density at radius 1 is 1.32 bits per heavy atom. The van der Waals surface area contributed by atoms with E-state index in [1.54, 1.807) is 4.68 Å². The van der Waals surface area contributed by atoms with Gasteiger partial charge in [0.15, 0.2) is 5.82 Å². The Kier molecular flexibility index (Phi) is 3.60. The number of aliphatic carboxylic acids is 1. The predicted octanol–water partition coefficient (Wildman–Crippen LogP) is 2.01. The van der Waals surface area contributed by atoms with Crippen molar-refractivity contribution in [1.82, 2.24) is 20.2 Å². The van der Waals surface area contributed by atoms with Crippen LogP contribution in [0.3, 0.4) is 0 Å². The normalized spacial score (nSPS) is 19.3. The van der Waals surface area contributed by atoms with E-state index in [9.17, 15) is 9.90 Å². The van der Waals surface area contributed by atoms with Crippen molar-refractivity contribution >= 4 is 5.97 Å². The third kappa shape index (κ3) is 2.77. The minimum Gasteiger partial charge on any atom is -0.481 e. The lowest BCUT2D eigenvalue weighted by molar-refractivity contribution is -0.152. The molecule has 1 heterocycles. The third-order valence-corrected chi connectivity index (χ3v) is 3.92. The van der Waals surface area contributed by atoms with Gasteiger partial charge < -0.3 is 5.11 Å². The molecule has 1 aliphatic rings. The standard InChI is InChI=1S/C13H22N4O2/c1-12(2,3)10-14-15-16-17(10)9-13(11(18)19)7-5-4-6-8-13/h4-9H2,1-3H3,(H,18,19). The van der Waals surface area contributed by atoms with E-state index in [0.29, 0.717) is 19.4 Å². The van der Waals surface area contributed by atoms with Crippen LogP contribution in [0.5, 0.6) is 0 Å². The van der Waals surface area contributed by atoms with E-state index in [4.69, 9.17) is 0 Å². The lowest BCUT2D eigenvalue weighted by Gasteiger charge is -2.33. The highest BCUT2D eigenvalue weighted by Crippen LogP contribution is 2.38. The molecule has 0 aliphatic heterocycles. The van der Waals surface area contributed by atoms with Crippen LogP contribution in [-0.2, 0) is 16.8 Å². The molecule has 1 aromatic heterocycles. The zero-order valence-electron chi connectivity index (χ0n) is 11.9. The largest absolute Gasteiger partial charge is 0.481 e. The maximum absolute atomic E-state index is 11.7. The van der Waals surface area contributed by atoms with Gasteiger partial charge >= 0.3 is 5.97 Å². The van der Waals surface area contributed by atoms with Crippen molar-refractivity contribution in [3.05, 3.63) is 5.82 Å². The van der Waals surface area contributed by atoms with Gasteiger partial charge in [-0.3, -0.25) is 4.79 Å². The monoisotopic (exact) mass is 266 g/mol. The summed E-state index contributed by atoms with van der Waals surface area (Å²) in [5.74, 6) is 0.0289. The molecule has 0 radical (unpaired) electrons. The maximum Gasteiger partial charge on any atom is 0.311 e. The second-order valence-electron chi connectivity index (χ2n) is 6.56. The molecule has 0 bridgehead atoms. The number of hydrogen-bond acceptors (Lipinski definition) is 4. The Balaban J connectivity index is 2.28. The third-order valence-electron chi connectivity index (χ3n) is 3.92. The van der Waals surface area contributed by atoms with Crippen molar-refractivity contribution in [2.75, 3.05) is 0 Å². The van der Waals surface area contributed by atoms with Crippen molar-refractivity contribution in [3.8, 4) is 0 Å². The highest BCUT2D eigenvalue weighted by Gasteiger charge is 2.41. The summed E-state index contributed by atoms with van der Waals surface area (Å²) >= 11 is 0. The summed E-state index contributed by atoms with van der Waals surface area (Å²) < 4.78 is 1.68. The Morgan fingerprint density at radius 3 is 2.47 bits per heavy atom. The van der Waals surface area contributed by atoms with Crippen molar-refractivity contribution in [2.24, 2.45) is 5.41 Å². The molecule has 0 saturated heterocycles. The zero-order valence-corrected chi connectivity index (χ0v) is 11.9. The summed E-state index contributed by atoms with van der Waals surface area (Å²) in [7, 11) is 0. The molecule has 1 aliphatic carbocycles. The number of hydrogen-bond donors (Lipinski definition) is 1. The summed E-state index contributed by atoms with van der Waals surface area (Å²) in [6.07, 6.45) is 4.49. The van der Waals surface area contributed by atoms with Crippen molar-refractivity contribution in [3.63, 3.8) is 0 Å². The van der Waals surface area contributed by atoms with Crippen LogP contribution in [0.1, 0.15) is 58.7 Å². The second kappa shape index (κ2) is 4.90. The van der Waals surface area contributed by atoms with E-state index in [1.807, 2.05) is 20.8 Å². The van der Waals surface area contributed by atoms with Crippen LogP contribution in [-0.4, -0.2) is 31.3 Å². The smallest absolute Gasteiger partial charge is 0.311 e. The molecule has 19 heavy (non-hydrogen) atoms. The van der Waals surface area contributed by atoms with E-state index in [-0.39, 0.29) is 5.41 Å². The molecule has 0 spiro atoms. The van der Waals surface area contributed by atoms with E-state index >= 15 is 0 Å². The first-order valence-corrected chi connectivity index (χ1v) is 6.85. The van der Waals surface area contributed by atoms with E-state index < -0.39 is 11.4 Å². The van der Waals surface area contributed by atoms with Crippen LogP contribution in [0.4, 0.5) is 0 Å². The van der Waals surface area contributed by atoms with Gasteiger partial charge in [-0.1, -0.05) is 40.0 Å². The molecule has 1 aromatic rings. The molecule has 0 aromatic carbocycles. The summed E-state index contributed by atoms with van der Waals surface area (Å²) in [5.41, 5.74) is -0.883. The van der Waals surface area contributed by atoms with Crippen molar-refractivity contribution in [1.29, 1.82) is 0 Å². The summed E-state index contributed by atoms with van der Waals surface area (Å²) in [6, 6.07) is 0. The van der Waals surface area contributed by atoms with Gasteiger partial charge in [0.05, 0.1) is 12.0 Å². The lowest BCUT2D eigenvalue weighted by atomic mass is 9.74. The van der Waals surface area contributed by atoms with Crippen LogP contribution in [0.2, 0.25) is 0 Å². The van der Waals surface area contributed by atoms with Crippen LogP contribution >= 0.6 is 0 Å². The number of aromatic nitrogens is 4. The minimum absolute atomic E-state index is 0.183. The molecular formula is C13H22N4O2. The molecular weight excluding hydrogens is 244 g/mol. The van der Waals surface area contributed by atoms with Crippen LogP contribution in [0.15, 0.2) is 0 Å². The van der Waals surface area contributed by atoms with E-state index in [2.05, 4.69) is 15.5 Å². The number of nitrogens with zero attached hydrogens (tertiary/aromatic N) is 4. The molecule has 6 heteroatoms. The van der Waals surface area contributed by atoms with Gasteiger partial charge in [-0.2, -0.15) is 0 Å². The number of carboxylic acids is 1. The Bertz CT molecular complexity index is 455. The fourth-order valence-corrected chi connectivity index (χ4v) is 2.80. The summed E-state index contributed by atoms with van der Waals surface area (Å²) in [6.45, 7) is 6.47. The highest BCUT2D eigenvalue weighted by atomic mass is 16.4. The Hall–Kier alpha value is -1.46. The molecule has 2 rings (SSSR count). The molecule has 1 saturated carbocycles. The number of rotatable bonds is 3. The molecule has 6 nitrogen and oxygen atoms in total. The van der Waals surface area contributed by atoms with Gasteiger partial charge in [0.25, 0.3) is 0 Å². The van der Waals surface area contributed by atoms with E-state index in [0.717, 1.165) is 25.1 Å².